The molecule has 0 aromatic heterocycles. The van der Waals surface area contributed by atoms with Gasteiger partial charge in [-0.05, 0) is 41.8 Å². The van der Waals surface area contributed by atoms with Gasteiger partial charge >= 0.3 is 0 Å². The van der Waals surface area contributed by atoms with Crippen LogP contribution in [-0.2, 0) is 9.73 Å². The second kappa shape index (κ2) is 4.77. The van der Waals surface area contributed by atoms with Gasteiger partial charge in [0.1, 0.15) is 0 Å². The van der Waals surface area contributed by atoms with E-state index < -0.39 is 9.73 Å². The summed E-state index contributed by atoms with van der Waals surface area (Å²) in [4.78, 5) is 0.837. The van der Waals surface area contributed by atoms with Crippen LogP contribution in [0.5, 0.6) is 11.5 Å². The number of nitrogens with zero attached hydrogens (tertiary/aromatic N) is 1. The average Bonchev–Trinajstić information content (AvgIpc) is 3.16. The Balaban J connectivity index is 1.69. The van der Waals surface area contributed by atoms with Crippen molar-refractivity contribution in [3.8, 4) is 22.6 Å². The SMILES string of the molecule is O=S1(c2ccc(-c3ccc4c(c3)OCO4)cc2)=NCCC1. The first kappa shape index (κ1) is 12.7. The molecule has 0 fully saturated rings. The van der Waals surface area contributed by atoms with Crippen LogP contribution in [0.4, 0.5) is 0 Å². The second-order valence-electron chi connectivity index (χ2n) is 5.14. The molecule has 0 saturated heterocycles. The van der Waals surface area contributed by atoms with Crippen LogP contribution in [-0.4, -0.2) is 23.3 Å². The van der Waals surface area contributed by atoms with Crippen LogP contribution >= 0.6 is 0 Å². The molecule has 108 valence electrons. The molecule has 0 saturated carbocycles. The quantitative estimate of drug-likeness (QED) is 0.855. The Morgan fingerprint density at radius 1 is 0.952 bits per heavy atom. The smallest absolute Gasteiger partial charge is 0.231 e. The average molecular weight is 301 g/mol. The molecule has 5 heteroatoms. The highest BCUT2D eigenvalue weighted by Gasteiger charge is 2.18. The minimum atomic E-state index is -2.16. The monoisotopic (exact) mass is 301 g/mol. The van der Waals surface area contributed by atoms with E-state index in [4.69, 9.17) is 9.47 Å². The number of benzene rings is 2. The highest BCUT2D eigenvalue weighted by Crippen LogP contribution is 2.36. The largest absolute Gasteiger partial charge is 0.454 e. The summed E-state index contributed by atoms with van der Waals surface area (Å²) in [5.74, 6) is 2.23. The van der Waals surface area contributed by atoms with Gasteiger partial charge < -0.3 is 9.47 Å². The normalized spacial score (nSPS) is 23.0. The van der Waals surface area contributed by atoms with E-state index in [2.05, 4.69) is 4.36 Å². The number of ether oxygens (including phenoxy) is 2. The molecule has 2 aromatic rings. The molecule has 2 heterocycles. The predicted octanol–water partition coefficient (Wildman–Crippen LogP) is 3.31. The summed E-state index contributed by atoms with van der Waals surface area (Å²) in [5.41, 5.74) is 2.13. The van der Waals surface area contributed by atoms with Crippen molar-refractivity contribution in [1.82, 2.24) is 0 Å². The van der Waals surface area contributed by atoms with Crippen molar-refractivity contribution in [1.29, 1.82) is 0 Å². The Kier molecular flexibility index (Phi) is 2.89. The van der Waals surface area contributed by atoms with Crippen molar-refractivity contribution >= 4 is 9.73 Å². The Bertz CT molecular complexity index is 805. The van der Waals surface area contributed by atoms with Gasteiger partial charge in [-0.25, -0.2) is 8.57 Å². The van der Waals surface area contributed by atoms with Crippen molar-refractivity contribution in [2.45, 2.75) is 11.3 Å². The van der Waals surface area contributed by atoms with Crippen LogP contribution in [0.1, 0.15) is 6.42 Å². The molecular formula is C16H15NO3S. The van der Waals surface area contributed by atoms with Gasteiger partial charge in [-0.3, -0.25) is 0 Å². The molecular weight excluding hydrogens is 286 g/mol. The fourth-order valence-electron chi connectivity index (χ4n) is 2.67. The van der Waals surface area contributed by atoms with Gasteiger partial charge in [-0.1, -0.05) is 18.2 Å². The summed E-state index contributed by atoms with van der Waals surface area (Å²) in [5, 5.41) is 0. The maximum Gasteiger partial charge on any atom is 0.231 e. The Hall–Kier alpha value is -2.01. The van der Waals surface area contributed by atoms with Crippen molar-refractivity contribution in [2.24, 2.45) is 4.36 Å². The van der Waals surface area contributed by atoms with Crippen LogP contribution in [0.15, 0.2) is 51.7 Å². The lowest BCUT2D eigenvalue weighted by Gasteiger charge is -2.07. The highest BCUT2D eigenvalue weighted by atomic mass is 32.2. The molecule has 0 aliphatic carbocycles. The van der Waals surface area contributed by atoms with Gasteiger partial charge in [0, 0.05) is 17.2 Å². The van der Waals surface area contributed by atoms with Crippen molar-refractivity contribution < 1.29 is 13.7 Å². The van der Waals surface area contributed by atoms with Crippen LogP contribution in [0.25, 0.3) is 11.1 Å². The van der Waals surface area contributed by atoms with E-state index >= 15 is 0 Å². The van der Waals surface area contributed by atoms with Crippen molar-refractivity contribution in [3.63, 3.8) is 0 Å². The minimum absolute atomic E-state index is 0.279. The molecule has 0 radical (unpaired) electrons. The summed E-state index contributed by atoms with van der Waals surface area (Å²) in [7, 11) is -2.16. The molecule has 1 atom stereocenters. The summed E-state index contributed by atoms with van der Waals surface area (Å²) < 4.78 is 27.6. The Morgan fingerprint density at radius 2 is 1.71 bits per heavy atom. The standard InChI is InChI=1S/C16H15NO3S/c18-21(9-1-8-17-21)14-5-2-12(3-6-14)13-4-7-15-16(10-13)20-11-19-15/h2-7,10H,1,8-9,11H2. The second-order valence-corrected chi connectivity index (χ2v) is 7.56. The van der Waals surface area contributed by atoms with Gasteiger partial charge in [-0.15, -0.1) is 0 Å². The third-order valence-corrected chi connectivity index (χ3v) is 6.26. The summed E-state index contributed by atoms with van der Waals surface area (Å²) in [6.45, 7) is 0.990. The third-order valence-electron chi connectivity index (χ3n) is 3.81. The third kappa shape index (κ3) is 2.17. The lowest BCUT2D eigenvalue weighted by atomic mass is 10.1. The topological polar surface area (TPSA) is 47.9 Å². The minimum Gasteiger partial charge on any atom is -0.454 e. The van der Waals surface area contributed by atoms with Gasteiger partial charge in [0.05, 0.1) is 9.73 Å². The molecule has 4 rings (SSSR count). The summed E-state index contributed by atoms with van der Waals surface area (Å²) in [6.07, 6.45) is 0.919. The zero-order chi connectivity index (χ0) is 14.3. The fourth-order valence-corrected chi connectivity index (χ4v) is 4.68. The lowest BCUT2D eigenvalue weighted by molar-refractivity contribution is 0.174. The highest BCUT2D eigenvalue weighted by molar-refractivity contribution is 7.93. The van der Waals surface area contributed by atoms with Gasteiger partial charge in [0.2, 0.25) is 6.79 Å². The maximum atomic E-state index is 12.6. The summed E-state index contributed by atoms with van der Waals surface area (Å²) in [6, 6.07) is 13.7. The first-order valence-electron chi connectivity index (χ1n) is 6.95. The van der Waals surface area contributed by atoms with Crippen LogP contribution in [0.3, 0.4) is 0 Å². The zero-order valence-electron chi connectivity index (χ0n) is 11.5. The van der Waals surface area contributed by atoms with Gasteiger partial charge in [-0.2, -0.15) is 0 Å². The van der Waals surface area contributed by atoms with Gasteiger partial charge in [0.25, 0.3) is 0 Å². The first-order valence-corrected chi connectivity index (χ1v) is 8.64. The van der Waals surface area contributed by atoms with E-state index in [0.717, 1.165) is 33.9 Å². The molecule has 4 nitrogen and oxygen atoms in total. The molecule has 0 amide bonds. The van der Waals surface area contributed by atoms with Gasteiger partial charge in [0.15, 0.2) is 11.5 Å². The molecule has 2 aromatic carbocycles. The number of hydrogen-bond donors (Lipinski definition) is 0. The molecule has 2 aliphatic rings. The molecule has 0 bridgehead atoms. The number of rotatable bonds is 2. The zero-order valence-corrected chi connectivity index (χ0v) is 12.3. The first-order chi connectivity index (χ1) is 10.2. The fraction of sp³-hybridized carbons (Fsp3) is 0.250. The van der Waals surface area contributed by atoms with E-state index in [9.17, 15) is 4.21 Å². The Morgan fingerprint density at radius 3 is 2.48 bits per heavy atom. The van der Waals surface area contributed by atoms with Crippen molar-refractivity contribution in [2.75, 3.05) is 19.1 Å². The van der Waals surface area contributed by atoms with E-state index in [1.54, 1.807) is 0 Å². The Labute approximate surface area is 123 Å². The van der Waals surface area contributed by atoms with E-state index in [-0.39, 0.29) is 6.79 Å². The maximum absolute atomic E-state index is 12.6. The van der Waals surface area contributed by atoms with E-state index in [1.807, 2.05) is 42.5 Å². The van der Waals surface area contributed by atoms with Crippen LogP contribution in [0.2, 0.25) is 0 Å². The molecule has 2 aliphatic heterocycles. The van der Waals surface area contributed by atoms with E-state index in [1.165, 1.54) is 0 Å². The van der Waals surface area contributed by atoms with E-state index in [0.29, 0.717) is 12.3 Å². The van der Waals surface area contributed by atoms with Crippen molar-refractivity contribution in [3.05, 3.63) is 42.5 Å². The number of fused-ring (bicyclic) bond motifs is 1. The molecule has 1 unspecified atom stereocenters. The lowest BCUT2D eigenvalue weighted by Crippen LogP contribution is -2.00. The molecule has 21 heavy (non-hydrogen) atoms. The van der Waals surface area contributed by atoms with Crippen LogP contribution in [0, 0.1) is 0 Å². The van der Waals surface area contributed by atoms with Crippen LogP contribution < -0.4 is 9.47 Å². The summed E-state index contributed by atoms with van der Waals surface area (Å²) >= 11 is 0. The molecule has 0 spiro atoms. The number of hydrogen-bond acceptors (Lipinski definition) is 4. The predicted molar refractivity (Wildman–Crippen MR) is 81.2 cm³/mol. The molecule has 0 N–H and O–H groups in total.